The van der Waals surface area contributed by atoms with Crippen LogP contribution in [0.2, 0.25) is 0 Å². The number of carbonyl (C=O) groups is 1. The van der Waals surface area contributed by atoms with Gasteiger partial charge in [0.05, 0.1) is 31.7 Å². The molecule has 0 radical (unpaired) electrons. The minimum Gasteiger partial charge on any atom is -0.454 e. The van der Waals surface area contributed by atoms with E-state index in [0.717, 1.165) is 17.4 Å². The molecule has 0 spiro atoms. The lowest BCUT2D eigenvalue weighted by Crippen LogP contribution is -2.29. The van der Waals surface area contributed by atoms with Crippen molar-refractivity contribution >= 4 is 21.6 Å². The maximum absolute atomic E-state index is 12.5. The van der Waals surface area contributed by atoms with Gasteiger partial charge in [-0.25, -0.2) is 8.42 Å². The van der Waals surface area contributed by atoms with Crippen molar-refractivity contribution in [3.05, 3.63) is 89.5 Å². The van der Waals surface area contributed by atoms with Crippen LogP contribution in [-0.2, 0) is 27.9 Å². The maximum Gasteiger partial charge on any atom is 0.251 e. The quantitative estimate of drug-likeness (QED) is 0.446. The molecule has 0 aliphatic carbocycles. The first-order valence-electron chi connectivity index (χ1n) is 10.8. The minimum absolute atomic E-state index is 0.111. The summed E-state index contributed by atoms with van der Waals surface area (Å²) in [4.78, 5) is 12.4. The Hall–Kier alpha value is -3.56. The molecule has 1 amide bonds. The lowest BCUT2D eigenvalue weighted by atomic mass is 10.1. The van der Waals surface area contributed by atoms with Gasteiger partial charge in [-0.1, -0.05) is 42.5 Å². The Bertz CT molecular complexity index is 1230. The third kappa shape index (κ3) is 6.06. The molecule has 8 nitrogen and oxygen atoms in total. The summed E-state index contributed by atoms with van der Waals surface area (Å²) in [7, 11) is -3.55. The van der Waals surface area contributed by atoms with Crippen molar-refractivity contribution in [2.45, 2.75) is 13.2 Å². The Morgan fingerprint density at radius 2 is 1.71 bits per heavy atom. The molecule has 1 N–H and O–H groups in total. The highest BCUT2D eigenvalue weighted by molar-refractivity contribution is 7.92. The number of carbonyl (C=O) groups excluding carboxylic acids is 1. The summed E-state index contributed by atoms with van der Waals surface area (Å²) in [6.07, 6.45) is 1.15. The molecule has 34 heavy (non-hydrogen) atoms. The average molecular weight is 483 g/mol. The predicted octanol–water partition coefficient (Wildman–Crippen LogP) is 3.33. The first kappa shape index (κ1) is 23.6. The molecule has 0 atom stereocenters. The Morgan fingerprint density at radius 3 is 2.44 bits per heavy atom. The topological polar surface area (TPSA) is 94.2 Å². The molecule has 9 heteroatoms. The van der Waals surface area contributed by atoms with Gasteiger partial charge in [-0.2, -0.15) is 0 Å². The van der Waals surface area contributed by atoms with E-state index in [1.165, 1.54) is 4.31 Å². The molecule has 0 aromatic heterocycles. The van der Waals surface area contributed by atoms with Gasteiger partial charge in [0.25, 0.3) is 5.91 Å². The Balaban J connectivity index is 1.32. The third-order valence-corrected chi connectivity index (χ3v) is 6.37. The van der Waals surface area contributed by atoms with Gasteiger partial charge < -0.3 is 19.5 Å². The summed E-state index contributed by atoms with van der Waals surface area (Å²) in [6.45, 7) is 1.51. The van der Waals surface area contributed by atoms with Crippen LogP contribution < -0.4 is 19.1 Å². The maximum atomic E-state index is 12.5. The van der Waals surface area contributed by atoms with Crippen LogP contribution in [0.1, 0.15) is 21.5 Å². The molecule has 1 aliphatic rings. The van der Waals surface area contributed by atoms with Crippen LogP contribution in [0.5, 0.6) is 11.5 Å². The van der Waals surface area contributed by atoms with Gasteiger partial charge in [-0.3, -0.25) is 9.10 Å². The molecule has 0 saturated carbocycles. The number of benzene rings is 3. The lowest BCUT2D eigenvalue weighted by molar-refractivity contribution is 0.0901. The Labute approximate surface area is 199 Å². The van der Waals surface area contributed by atoms with Crippen molar-refractivity contribution in [1.82, 2.24) is 5.32 Å². The van der Waals surface area contributed by atoms with Gasteiger partial charge in [0.2, 0.25) is 16.8 Å². The number of nitrogens with zero attached hydrogens (tertiary/aromatic N) is 1. The number of ether oxygens (including phenoxy) is 3. The molecule has 3 aromatic rings. The molecular weight excluding hydrogens is 456 g/mol. The highest BCUT2D eigenvalue weighted by atomic mass is 32.2. The molecular formula is C25H26N2O6S. The number of sulfonamides is 1. The summed E-state index contributed by atoms with van der Waals surface area (Å²) >= 11 is 0. The summed E-state index contributed by atoms with van der Waals surface area (Å²) in [5.74, 6) is 0.870. The second kappa shape index (κ2) is 10.6. The summed E-state index contributed by atoms with van der Waals surface area (Å²) in [6, 6.07) is 21.7. The van der Waals surface area contributed by atoms with Crippen LogP contribution >= 0.6 is 0 Å². The average Bonchev–Trinajstić information content (AvgIpc) is 3.30. The lowest BCUT2D eigenvalue weighted by Gasteiger charge is -2.23. The zero-order valence-corrected chi connectivity index (χ0v) is 19.6. The van der Waals surface area contributed by atoms with E-state index >= 15 is 0 Å². The molecule has 0 fully saturated rings. The number of fused-ring (bicyclic) bond motifs is 1. The van der Waals surface area contributed by atoms with E-state index in [4.69, 9.17) is 14.2 Å². The molecule has 0 unspecified atom stereocenters. The van der Waals surface area contributed by atoms with Gasteiger partial charge in [0.1, 0.15) is 0 Å². The highest BCUT2D eigenvalue weighted by Crippen LogP contribution is 2.36. The van der Waals surface area contributed by atoms with E-state index in [1.807, 2.05) is 30.3 Å². The van der Waals surface area contributed by atoms with E-state index in [0.29, 0.717) is 42.5 Å². The highest BCUT2D eigenvalue weighted by Gasteiger charge is 2.22. The monoisotopic (exact) mass is 482 g/mol. The van der Waals surface area contributed by atoms with E-state index in [2.05, 4.69) is 5.32 Å². The van der Waals surface area contributed by atoms with E-state index < -0.39 is 10.0 Å². The van der Waals surface area contributed by atoms with Crippen molar-refractivity contribution in [2.24, 2.45) is 0 Å². The summed E-state index contributed by atoms with van der Waals surface area (Å²) in [5, 5.41) is 2.82. The van der Waals surface area contributed by atoms with E-state index in [-0.39, 0.29) is 19.2 Å². The number of nitrogens with one attached hydrogen (secondary N) is 1. The number of hydrogen-bond donors (Lipinski definition) is 1. The molecule has 1 heterocycles. The van der Waals surface area contributed by atoms with Crippen molar-refractivity contribution in [2.75, 3.05) is 30.5 Å². The normalized spacial score (nSPS) is 12.4. The zero-order chi connectivity index (χ0) is 24.0. The molecule has 0 bridgehead atoms. The Kier molecular flexibility index (Phi) is 7.34. The van der Waals surface area contributed by atoms with Gasteiger partial charge >= 0.3 is 0 Å². The van der Waals surface area contributed by atoms with Gasteiger partial charge in [-0.15, -0.1) is 0 Å². The van der Waals surface area contributed by atoms with Crippen LogP contribution in [0.25, 0.3) is 0 Å². The van der Waals surface area contributed by atoms with Gasteiger partial charge in [0, 0.05) is 18.2 Å². The van der Waals surface area contributed by atoms with Gasteiger partial charge in [0.15, 0.2) is 11.5 Å². The number of hydrogen-bond acceptors (Lipinski definition) is 6. The van der Waals surface area contributed by atoms with E-state index in [1.54, 1.807) is 42.5 Å². The fraction of sp³-hybridized carbons (Fsp3) is 0.240. The summed E-state index contributed by atoms with van der Waals surface area (Å²) < 4.78 is 42.4. The molecule has 3 aromatic carbocycles. The summed E-state index contributed by atoms with van der Waals surface area (Å²) in [5.41, 5.74) is 2.78. The van der Waals surface area contributed by atoms with Crippen molar-refractivity contribution in [3.63, 3.8) is 0 Å². The van der Waals surface area contributed by atoms with Crippen LogP contribution in [0.15, 0.2) is 72.8 Å². The second-order valence-electron chi connectivity index (χ2n) is 7.80. The number of amides is 1. The standard InChI is InChI=1S/C25H26N2O6S/c1-34(29,30)27(22-11-12-23-24(15-22)33-18-32-23)16-19-7-9-21(10-8-19)25(28)26-13-14-31-17-20-5-3-2-4-6-20/h2-12,15H,13-14,16-18H2,1H3,(H,26,28). The Morgan fingerprint density at radius 1 is 0.971 bits per heavy atom. The van der Waals surface area contributed by atoms with Crippen molar-refractivity contribution in [3.8, 4) is 11.5 Å². The predicted molar refractivity (Wildman–Crippen MR) is 128 cm³/mol. The first-order chi connectivity index (χ1) is 16.4. The SMILES string of the molecule is CS(=O)(=O)N(Cc1ccc(C(=O)NCCOCc2ccccc2)cc1)c1ccc2c(c1)OCO2. The van der Waals surface area contributed by atoms with Crippen LogP contribution in [0.4, 0.5) is 5.69 Å². The van der Waals surface area contributed by atoms with E-state index in [9.17, 15) is 13.2 Å². The molecule has 0 saturated heterocycles. The third-order valence-electron chi connectivity index (χ3n) is 5.23. The van der Waals surface area contributed by atoms with Crippen LogP contribution in [0, 0.1) is 0 Å². The molecule has 1 aliphatic heterocycles. The zero-order valence-electron chi connectivity index (χ0n) is 18.8. The number of anilines is 1. The van der Waals surface area contributed by atoms with Crippen LogP contribution in [-0.4, -0.2) is 40.5 Å². The smallest absolute Gasteiger partial charge is 0.251 e. The van der Waals surface area contributed by atoms with Crippen molar-refractivity contribution in [1.29, 1.82) is 0 Å². The minimum atomic E-state index is -3.55. The molecule has 4 rings (SSSR count). The van der Waals surface area contributed by atoms with Crippen LogP contribution in [0.3, 0.4) is 0 Å². The largest absolute Gasteiger partial charge is 0.454 e. The first-order valence-corrected chi connectivity index (χ1v) is 12.6. The van der Waals surface area contributed by atoms with Gasteiger partial charge in [-0.05, 0) is 35.4 Å². The second-order valence-corrected chi connectivity index (χ2v) is 9.71. The fourth-order valence-electron chi connectivity index (χ4n) is 3.47. The van der Waals surface area contributed by atoms with Crippen molar-refractivity contribution < 1.29 is 27.4 Å². The fourth-order valence-corrected chi connectivity index (χ4v) is 4.35. The number of rotatable bonds is 10. The molecule has 178 valence electrons.